The highest BCUT2D eigenvalue weighted by Crippen LogP contribution is 2.40. The highest BCUT2D eigenvalue weighted by atomic mass is 79.9. The monoisotopic (exact) mass is 709 g/mol. The summed E-state index contributed by atoms with van der Waals surface area (Å²) in [6.07, 6.45) is -0.495. The van der Waals surface area contributed by atoms with Crippen molar-refractivity contribution in [2.45, 2.75) is 12.2 Å². The summed E-state index contributed by atoms with van der Waals surface area (Å²) in [6, 6.07) is 23.8. The number of rotatable bonds is 9. The minimum atomic E-state index is -1.24. The molecule has 2 atom stereocenters. The second kappa shape index (κ2) is 13.5. The van der Waals surface area contributed by atoms with Gasteiger partial charge in [0, 0.05) is 27.9 Å². The Labute approximate surface area is 263 Å². The number of benzene rings is 4. The molecule has 1 heterocycles. The molecule has 43 heavy (non-hydrogen) atoms. The molecule has 0 aromatic heterocycles. The van der Waals surface area contributed by atoms with Gasteiger partial charge in [0.05, 0.1) is 15.8 Å². The molecule has 1 aliphatic rings. The van der Waals surface area contributed by atoms with Crippen LogP contribution in [0.15, 0.2) is 106 Å². The van der Waals surface area contributed by atoms with Crippen molar-refractivity contribution in [1.29, 1.82) is 0 Å². The van der Waals surface area contributed by atoms with Gasteiger partial charge in [-0.15, -0.1) is 0 Å². The number of halogens is 2. The maximum atomic E-state index is 13.3. The molecule has 10 nitrogen and oxygen atoms in total. The summed E-state index contributed by atoms with van der Waals surface area (Å²) in [5.74, 6) is 0.783. The van der Waals surface area contributed by atoms with Gasteiger partial charge in [-0.2, -0.15) is 0 Å². The fourth-order valence-corrected chi connectivity index (χ4v) is 5.43. The van der Waals surface area contributed by atoms with E-state index in [0.29, 0.717) is 43.3 Å². The predicted octanol–water partition coefficient (Wildman–Crippen LogP) is 7.16. The van der Waals surface area contributed by atoms with Crippen molar-refractivity contribution in [2.24, 2.45) is 0 Å². The zero-order chi connectivity index (χ0) is 30.3. The third-order valence-electron chi connectivity index (χ3n) is 6.19. The molecule has 4 aromatic rings. The molecule has 220 valence electrons. The first-order valence-electron chi connectivity index (χ1n) is 12.9. The number of anilines is 3. The number of nitrogens with two attached hydrogens (primary N) is 1. The molecule has 12 heteroatoms. The predicted molar refractivity (Wildman–Crippen MR) is 168 cm³/mol. The summed E-state index contributed by atoms with van der Waals surface area (Å²) < 4.78 is 23.8. The maximum Gasteiger partial charge on any atom is 0.412 e. The molecular weight excluding hydrogens is 686 g/mol. The van der Waals surface area contributed by atoms with Gasteiger partial charge in [-0.3, -0.25) is 10.1 Å². The lowest BCUT2D eigenvalue weighted by molar-refractivity contribution is -0.112. The Hall–Kier alpha value is -4.68. The molecule has 0 unspecified atom stereocenters. The first-order chi connectivity index (χ1) is 20.8. The summed E-state index contributed by atoms with van der Waals surface area (Å²) in [5, 5.41) is 16.4. The number of ether oxygens (including phenoxy) is 4. The van der Waals surface area contributed by atoms with Crippen LogP contribution in [0.2, 0.25) is 0 Å². The lowest BCUT2D eigenvalue weighted by Gasteiger charge is -2.27. The highest BCUT2D eigenvalue weighted by molar-refractivity contribution is 9.11. The smallest absolute Gasteiger partial charge is 0.412 e. The Morgan fingerprint density at radius 1 is 0.930 bits per heavy atom. The van der Waals surface area contributed by atoms with E-state index in [1.165, 1.54) is 12.2 Å². The number of amides is 2. The summed E-state index contributed by atoms with van der Waals surface area (Å²) in [6.45, 7) is 0.0810. The minimum Gasteiger partial charge on any atom is -0.506 e. The number of carbonyl (C=O) groups is 2. The first-order valence-corrected chi connectivity index (χ1v) is 14.5. The highest BCUT2D eigenvalue weighted by Gasteiger charge is 2.31. The van der Waals surface area contributed by atoms with Gasteiger partial charge in [0.15, 0.2) is 23.7 Å². The van der Waals surface area contributed by atoms with Crippen LogP contribution in [0.25, 0.3) is 0 Å². The van der Waals surface area contributed by atoms with Gasteiger partial charge in [0.2, 0.25) is 12.7 Å². The van der Waals surface area contributed by atoms with Crippen LogP contribution in [0, 0.1) is 0 Å². The van der Waals surface area contributed by atoms with Crippen molar-refractivity contribution in [3.8, 4) is 23.0 Å². The molecular formula is C31H25Br2N3O7. The van der Waals surface area contributed by atoms with Crippen molar-refractivity contribution in [1.82, 2.24) is 0 Å². The van der Waals surface area contributed by atoms with Crippen LogP contribution in [-0.4, -0.2) is 30.0 Å². The average molecular weight is 711 g/mol. The van der Waals surface area contributed by atoms with Crippen LogP contribution in [0.1, 0.15) is 11.7 Å². The van der Waals surface area contributed by atoms with Gasteiger partial charge in [-0.1, -0.05) is 46.3 Å². The third-order valence-corrected chi connectivity index (χ3v) is 7.25. The van der Waals surface area contributed by atoms with Crippen molar-refractivity contribution in [2.75, 3.05) is 23.2 Å². The zero-order valence-corrected chi connectivity index (χ0v) is 25.5. The van der Waals surface area contributed by atoms with Crippen LogP contribution < -0.4 is 30.6 Å². The van der Waals surface area contributed by atoms with Gasteiger partial charge in [0.25, 0.3) is 0 Å². The van der Waals surface area contributed by atoms with Crippen LogP contribution in [0.4, 0.5) is 21.9 Å². The minimum absolute atomic E-state index is 0.0810. The zero-order valence-electron chi connectivity index (χ0n) is 22.3. The lowest BCUT2D eigenvalue weighted by Crippen LogP contribution is -2.30. The molecule has 5 N–H and O–H groups in total. The van der Waals surface area contributed by atoms with E-state index in [9.17, 15) is 14.7 Å². The average Bonchev–Trinajstić information content (AvgIpc) is 3.46. The number of phenolic OH excluding ortho intramolecular Hbond substituents is 1. The van der Waals surface area contributed by atoms with Gasteiger partial charge in [-0.05, 0) is 70.5 Å². The Kier molecular flexibility index (Phi) is 9.38. The van der Waals surface area contributed by atoms with Crippen LogP contribution >= 0.6 is 31.9 Å². The fourth-order valence-electron chi connectivity index (χ4n) is 4.17. The Morgan fingerprint density at radius 2 is 1.67 bits per heavy atom. The molecule has 0 bridgehead atoms. The summed E-state index contributed by atoms with van der Waals surface area (Å²) >= 11 is 6.77. The number of hydrogen-bond acceptors (Lipinski definition) is 8. The first kappa shape index (κ1) is 29.8. The fraction of sp³-hybridized carbons (Fsp3) is 0.0968. The van der Waals surface area contributed by atoms with Crippen molar-refractivity contribution in [3.63, 3.8) is 0 Å². The number of nitrogens with one attached hydrogen (secondary N) is 2. The largest absolute Gasteiger partial charge is 0.506 e. The summed E-state index contributed by atoms with van der Waals surface area (Å²) in [5.41, 5.74) is 7.39. The van der Waals surface area contributed by atoms with E-state index in [4.69, 9.17) is 24.7 Å². The number of hydrogen-bond donors (Lipinski definition) is 4. The van der Waals surface area contributed by atoms with Crippen LogP contribution in [-0.2, 0) is 9.53 Å². The van der Waals surface area contributed by atoms with E-state index >= 15 is 0 Å². The van der Waals surface area contributed by atoms with Gasteiger partial charge >= 0.3 is 6.09 Å². The second-order valence-electron chi connectivity index (χ2n) is 9.18. The Balaban J connectivity index is 1.47. The number of fused-ring (bicyclic) bond motifs is 1. The molecule has 0 saturated heterocycles. The topological polar surface area (TPSA) is 141 Å². The van der Waals surface area contributed by atoms with Crippen molar-refractivity contribution >= 4 is 60.9 Å². The molecule has 1 aliphatic heterocycles. The molecule has 2 amide bonds. The molecule has 4 aromatic carbocycles. The molecule has 0 saturated carbocycles. The van der Waals surface area contributed by atoms with Gasteiger partial charge in [-0.25, -0.2) is 4.79 Å². The molecule has 0 aliphatic carbocycles. The van der Waals surface area contributed by atoms with Crippen molar-refractivity contribution in [3.05, 3.63) is 112 Å². The van der Waals surface area contributed by atoms with Gasteiger partial charge < -0.3 is 35.1 Å². The van der Waals surface area contributed by atoms with E-state index in [-0.39, 0.29) is 18.1 Å². The number of carbonyl (C=O) groups excluding carboxylic acids is 2. The van der Waals surface area contributed by atoms with E-state index in [0.717, 1.165) is 0 Å². The molecule has 5 rings (SSSR count). The third kappa shape index (κ3) is 7.59. The number of nitrogen functional groups attached to an aromatic ring is 1. The summed E-state index contributed by atoms with van der Waals surface area (Å²) in [7, 11) is 0. The number of para-hydroxylation sites is 3. The number of aromatic hydroxyl groups is 1. The second-order valence-corrected chi connectivity index (χ2v) is 10.9. The standard InChI is InChI=1S/C31H25Br2N3O7/c32-18-14-21(29(38)22(33)15-18)30(43-31(39)35-19-10-11-25-27(16-19)41-17-40-25)26(42-20-6-2-1-3-7-20)12-13-28(37)36-24-9-5-4-8-23(24)34/h1-16,26,30,38H,17,34H2,(H,35,39)(H,36,37)/b13-12+/t26-,30-/m1/s1. The Bertz CT molecular complexity index is 1670. The maximum absolute atomic E-state index is 13.3. The molecule has 0 fully saturated rings. The molecule has 0 spiro atoms. The van der Waals surface area contributed by atoms with Crippen molar-refractivity contribution < 1.29 is 33.6 Å². The SMILES string of the molecule is Nc1ccccc1NC(=O)/C=C/[C@@H](Oc1ccccc1)[C@H](OC(=O)Nc1ccc2c(c1)OCO2)c1cc(Br)cc(Br)c1O. The van der Waals surface area contributed by atoms with E-state index in [2.05, 4.69) is 42.5 Å². The van der Waals surface area contributed by atoms with Crippen LogP contribution in [0.3, 0.4) is 0 Å². The molecule has 0 radical (unpaired) electrons. The van der Waals surface area contributed by atoms with E-state index in [1.807, 2.05) is 6.07 Å². The van der Waals surface area contributed by atoms with Crippen LogP contribution in [0.5, 0.6) is 23.0 Å². The quantitative estimate of drug-likeness (QED) is 0.106. The summed E-state index contributed by atoms with van der Waals surface area (Å²) in [4.78, 5) is 26.2. The Morgan fingerprint density at radius 3 is 2.47 bits per heavy atom. The van der Waals surface area contributed by atoms with E-state index < -0.39 is 24.2 Å². The van der Waals surface area contributed by atoms with E-state index in [1.54, 1.807) is 78.9 Å². The lowest BCUT2D eigenvalue weighted by atomic mass is 10.0. The number of phenols is 1. The van der Waals surface area contributed by atoms with Gasteiger partial charge in [0.1, 0.15) is 11.5 Å². The normalized spacial score (nSPS) is 13.3.